The van der Waals surface area contributed by atoms with Crippen LogP contribution in [0.2, 0.25) is 0 Å². The van der Waals surface area contributed by atoms with E-state index in [0.717, 1.165) is 0 Å². The molecule has 106 valence electrons. The lowest BCUT2D eigenvalue weighted by atomic mass is 9.93. The minimum absolute atomic E-state index is 0.381. The predicted molar refractivity (Wildman–Crippen MR) is 97.4 cm³/mol. The van der Waals surface area contributed by atoms with E-state index in [0.29, 0.717) is 14.4 Å². The highest BCUT2D eigenvalue weighted by Gasteiger charge is 2.24. The van der Waals surface area contributed by atoms with Crippen LogP contribution in [0.25, 0.3) is 28.0 Å². The zero-order valence-electron chi connectivity index (χ0n) is 12.3. The van der Waals surface area contributed by atoms with E-state index in [-0.39, 0.29) is 0 Å². The van der Waals surface area contributed by atoms with Gasteiger partial charge in [-0.15, -0.1) is 0 Å². The van der Waals surface area contributed by atoms with Gasteiger partial charge in [-0.05, 0) is 39.9 Å². The predicted octanol–water partition coefficient (Wildman–Crippen LogP) is 5.82. The number of fused-ring (bicyclic) bond motifs is 2. The summed E-state index contributed by atoms with van der Waals surface area (Å²) < 4.78 is 0. The molecule has 1 unspecified atom stereocenters. The van der Waals surface area contributed by atoms with Crippen LogP contribution in [-0.4, -0.2) is 8.83 Å². The van der Waals surface area contributed by atoms with Gasteiger partial charge >= 0.3 is 0 Å². The van der Waals surface area contributed by atoms with Crippen molar-refractivity contribution < 1.29 is 0 Å². The van der Waals surface area contributed by atoms with Crippen LogP contribution in [0, 0.1) is 0 Å². The smallest absolute Gasteiger partial charge is 0.170 e. The molecule has 0 amide bonds. The van der Waals surface area contributed by atoms with E-state index in [4.69, 9.17) is 11.1 Å². The lowest BCUT2D eigenvalue weighted by molar-refractivity contribution is 1.14. The maximum Gasteiger partial charge on any atom is 0.184 e. The van der Waals surface area contributed by atoms with Gasteiger partial charge in [-0.25, -0.2) is 0 Å². The van der Waals surface area contributed by atoms with Crippen LogP contribution >= 0.6 is 11.1 Å². The second-order valence-electron chi connectivity index (χ2n) is 5.77. The Bertz CT molecular complexity index is 890. The molecule has 4 rings (SSSR count). The largest absolute Gasteiger partial charge is 0.184 e. The van der Waals surface area contributed by atoms with Crippen molar-refractivity contribution in [1.82, 2.24) is 0 Å². The van der Waals surface area contributed by atoms with Crippen molar-refractivity contribution in [3.05, 3.63) is 77.4 Å². The van der Waals surface area contributed by atoms with E-state index in [1.165, 1.54) is 38.6 Å². The van der Waals surface area contributed by atoms with Gasteiger partial charge in [-0.1, -0.05) is 72.3 Å². The molecular formula is C20H15ClSi. The van der Waals surface area contributed by atoms with Crippen LogP contribution < -0.4 is 0 Å². The lowest BCUT2D eigenvalue weighted by Crippen LogP contribution is -2.01. The van der Waals surface area contributed by atoms with Crippen LogP contribution in [0.1, 0.15) is 23.6 Å². The average molecular weight is 319 g/mol. The molecule has 0 aliphatic heterocycles. The fourth-order valence-electron chi connectivity index (χ4n) is 3.39. The second kappa shape index (κ2) is 5.42. The molecule has 0 saturated carbocycles. The summed E-state index contributed by atoms with van der Waals surface area (Å²) in [7, 11) is 0.398. The van der Waals surface area contributed by atoms with Crippen molar-refractivity contribution in [3.63, 3.8) is 0 Å². The van der Waals surface area contributed by atoms with Gasteiger partial charge in [0, 0.05) is 5.54 Å². The highest BCUT2D eigenvalue weighted by Crippen LogP contribution is 2.42. The molecule has 0 heterocycles. The molecule has 1 aliphatic rings. The molecule has 2 heteroatoms. The molecule has 2 radical (unpaired) electrons. The minimum Gasteiger partial charge on any atom is -0.170 e. The highest BCUT2D eigenvalue weighted by atomic mass is 35.6. The van der Waals surface area contributed by atoms with Crippen molar-refractivity contribution in [2.45, 2.75) is 12.5 Å². The van der Waals surface area contributed by atoms with Crippen molar-refractivity contribution in [2.75, 3.05) is 0 Å². The molecule has 1 atom stereocenters. The van der Waals surface area contributed by atoms with Crippen LogP contribution in [0.15, 0.2) is 66.2 Å². The highest BCUT2D eigenvalue weighted by molar-refractivity contribution is 6.94. The van der Waals surface area contributed by atoms with E-state index in [2.05, 4.69) is 73.7 Å². The fourth-order valence-corrected chi connectivity index (χ4v) is 4.89. The van der Waals surface area contributed by atoms with Crippen LogP contribution in [0.5, 0.6) is 0 Å². The maximum absolute atomic E-state index is 6.21. The molecule has 22 heavy (non-hydrogen) atoms. The Morgan fingerprint density at radius 1 is 0.864 bits per heavy atom. The minimum atomic E-state index is 0.381. The standard InChI is InChI=1S/C20H15ClSi/c1-13-12-19-17(10-5-11-18(19)20(13)22-21)16-9-4-7-14-6-2-3-8-15(14)16/h2-12,20H,1H3. The third-order valence-electron chi connectivity index (χ3n) is 4.47. The molecule has 0 spiro atoms. The van der Waals surface area contributed by atoms with Crippen LogP contribution in [-0.2, 0) is 0 Å². The molecule has 3 aromatic rings. The van der Waals surface area contributed by atoms with E-state index in [1.54, 1.807) is 0 Å². The quantitative estimate of drug-likeness (QED) is 0.412. The molecule has 0 bridgehead atoms. The Morgan fingerprint density at radius 3 is 2.45 bits per heavy atom. The summed E-state index contributed by atoms with van der Waals surface area (Å²) in [6, 6.07) is 21.7. The topological polar surface area (TPSA) is 0 Å². The molecule has 0 aromatic heterocycles. The number of allylic oxidation sites excluding steroid dienone is 1. The van der Waals surface area contributed by atoms with Gasteiger partial charge in [0.25, 0.3) is 0 Å². The molecule has 3 aromatic carbocycles. The van der Waals surface area contributed by atoms with E-state index in [1.807, 2.05) is 0 Å². The molecular weight excluding hydrogens is 304 g/mol. The number of rotatable bonds is 2. The first-order valence-electron chi connectivity index (χ1n) is 7.45. The van der Waals surface area contributed by atoms with Crippen molar-refractivity contribution in [2.24, 2.45) is 0 Å². The number of hydrogen-bond acceptors (Lipinski definition) is 0. The SMILES string of the molecule is CC1=Cc2c(-c3cccc4ccccc34)cccc2C1[Si]Cl. The van der Waals surface area contributed by atoms with Crippen molar-refractivity contribution in [1.29, 1.82) is 0 Å². The molecule has 0 saturated heterocycles. The fraction of sp³-hybridized carbons (Fsp3) is 0.100. The third kappa shape index (κ3) is 2.04. The summed E-state index contributed by atoms with van der Waals surface area (Å²) in [4.78, 5) is 0. The normalized spacial score (nSPS) is 16.6. The molecule has 0 nitrogen and oxygen atoms in total. The first-order valence-corrected chi connectivity index (χ1v) is 9.54. The summed E-state index contributed by atoms with van der Waals surface area (Å²) in [5.41, 5.74) is 7.08. The van der Waals surface area contributed by atoms with Gasteiger partial charge in [0.1, 0.15) is 0 Å². The van der Waals surface area contributed by atoms with Gasteiger partial charge in [-0.2, -0.15) is 11.1 Å². The van der Waals surface area contributed by atoms with Gasteiger partial charge in [0.15, 0.2) is 8.83 Å². The Labute approximate surface area is 138 Å². The first-order chi connectivity index (χ1) is 10.8. The summed E-state index contributed by atoms with van der Waals surface area (Å²) in [5.74, 6) is 0. The lowest BCUT2D eigenvalue weighted by Gasteiger charge is -2.13. The van der Waals surface area contributed by atoms with Gasteiger partial charge in [0.2, 0.25) is 0 Å². The van der Waals surface area contributed by atoms with Crippen LogP contribution in [0.3, 0.4) is 0 Å². The van der Waals surface area contributed by atoms with Gasteiger partial charge < -0.3 is 0 Å². The van der Waals surface area contributed by atoms with Crippen molar-refractivity contribution in [3.8, 4) is 11.1 Å². The summed E-state index contributed by atoms with van der Waals surface area (Å²) in [6.07, 6.45) is 2.31. The summed E-state index contributed by atoms with van der Waals surface area (Å²) in [6.45, 7) is 2.19. The third-order valence-corrected chi connectivity index (χ3v) is 6.11. The number of halogens is 1. The Morgan fingerprint density at radius 2 is 1.59 bits per heavy atom. The Kier molecular flexibility index (Phi) is 3.40. The summed E-state index contributed by atoms with van der Waals surface area (Å²) >= 11 is 6.21. The first kappa shape index (κ1) is 13.8. The number of benzene rings is 3. The zero-order valence-corrected chi connectivity index (χ0v) is 14.1. The van der Waals surface area contributed by atoms with Gasteiger partial charge in [0.05, 0.1) is 0 Å². The zero-order chi connectivity index (χ0) is 15.1. The maximum atomic E-state index is 6.21. The van der Waals surface area contributed by atoms with E-state index >= 15 is 0 Å². The van der Waals surface area contributed by atoms with Gasteiger partial charge in [-0.3, -0.25) is 0 Å². The Balaban J connectivity index is 2.00. The number of hydrogen-bond donors (Lipinski definition) is 0. The molecule has 0 fully saturated rings. The summed E-state index contributed by atoms with van der Waals surface area (Å²) in [5, 5.41) is 2.59. The monoisotopic (exact) mass is 318 g/mol. The molecule has 0 N–H and O–H groups in total. The van der Waals surface area contributed by atoms with Crippen molar-refractivity contribution >= 4 is 36.8 Å². The Hall–Kier alpha value is -1.83. The van der Waals surface area contributed by atoms with E-state index in [9.17, 15) is 0 Å². The van der Waals surface area contributed by atoms with E-state index < -0.39 is 0 Å². The average Bonchev–Trinajstić information content (AvgIpc) is 2.89. The second-order valence-corrected chi connectivity index (χ2v) is 7.22. The molecule has 1 aliphatic carbocycles. The van der Waals surface area contributed by atoms with Crippen LogP contribution in [0.4, 0.5) is 0 Å².